The van der Waals surface area contributed by atoms with Crippen molar-refractivity contribution < 1.29 is 17.9 Å². The van der Waals surface area contributed by atoms with E-state index in [0.29, 0.717) is 43.4 Å². The van der Waals surface area contributed by atoms with E-state index in [4.69, 9.17) is 9.47 Å². The summed E-state index contributed by atoms with van der Waals surface area (Å²) in [5.41, 5.74) is 3.85. The van der Waals surface area contributed by atoms with Crippen molar-refractivity contribution in [2.45, 2.75) is 31.7 Å². The Morgan fingerprint density at radius 1 is 0.960 bits per heavy atom. The van der Waals surface area contributed by atoms with E-state index in [1.165, 1.54) is 0 Å². The number of hydrogen-bond acceptors (Lipinski definition) is 4. The molecule has 2 heterocycles. The van der Waals surface area contributed by atoms with Crippen LogP contribution in [0.1, 0.15) is 22.3 Å². The van der Waals surface area contributed by atoms with Crippen LogP contribution in [0.4, 0.5) is 0 Å². The van der Waals surface area contributed by atoms with Gasteiger partial charge < -0.3 is 9.47 Å². The summed E-state index contributed by atoms with van der Waals surface area (Å²) in [6.45, 7) is 5.67. The van der Waals surface area contributed by atoms with Gasteiger partial charge in [-0.1, -0.05) is 12.1 Å². The Balaban J connectivity index is 1.69. The first-order valence-electron chi connectivity index (χ1n) is 8.44. The lowest BCUT2D eigenvalue weighted by Gasteiger charge is -2.30. The van der Waals surface area contributed by atoms with Crippen LogP contribution >= 0.6 is 0 Å². The maximum Gasteiger partial charge on any atom is 0.243 e. The molecule has 0 radical (unpaired) electrons. The van der Waals surface area contributed by atoms with Gasteiger partial charge in [0, 0.05) is 13.1 Å². The van der Waals surface area contributed by atoms with Gasteiger partial charge >= 0.3 is 0 Å². The third kappa shape index (κ3) is 2.89. The second-order valence-corrected chi connectivity index (χ2v) is 8.53. The van der Waals surface area contributed by atoms with Gasteiger partial charge in [-0.05, 0) is 60.7 Å². The van der Waals surface area contributed by atoms with Crippen molar-refractivity contribution in [3.05, 3.63) is 52.6 Å². The number of benzene rings is 2. The molecule has 0 saturated carbocycles. The Kier molecular flexibility index (Phi) is 3.96. The van der Waals surface area contributed by atoms with Crippen LogP contribution in [0.5, 0.6) is 11.5 Å². The Labute approximate surface area is 148 Å². The molecule has 2 aromatic rings. The van der Waals surface area contributed by atoms with Gasteiger partial charge in [0.25, 0.3) is 0 Å². The highest BCUT2D eigenvalue weighted by Gasteiger charge is 2.30. The van der Waals surface area contributed by atoms with E-state index >= 15 is 0 Å². The average molecular weight is 359 g/mol. The lowest BCUT2D eigenvalue weighted by Crippen LogP contribution is -2.36. The molecular weight excluding hydrogens is 338 g/mol. The smallest absolute Gasteiger partial charge is 0.243 e. The fourth-order valence-corrected chi connectivity index (χ4v) is 5.13. The Hall–Kier alpha value is -2.05. The number of ether oxygens (including phenoxy) is 2. The minimum absolute atomic E-state index is 0.363. The maximum absolute atomic E-state index is 13.1. The van der Waals surface area contributed by atoms with Crippen molar-refractivity contribution in [3.63, 3.8) is 0 Å². The molecule has 132 valence electrons. The molecule has 0 saturated heterocycles. The van der Waals surface area contributed by atoms with E-state index in [9.17, 15) is 8.42 Å². The molecule has 0 aromatic heterocycles. The zero-order valence-electron chi connectivity index (χ0n) is 14.4. The van der Waals surface area contributed by atoms with Crippen molar-refractivity contribution >= 4 is 10.0 Å². The molecule has 4 rings (SSSR count). The first kappa shape index (κ1) is 16.4. The third-order valence-corrected chi connectivity index (χ3v) is 6.79. The van der Waals surface area contributed by atoms with Crippen LogP contribution in [0.2, 0.25) is 0 Å². The quantitative estimate of drug-likeness (QED) is 0.827. The first-order valence-corrected chi connectivity index (χ1v) is 9.88. The normalized spacial score (nSPS) is 17.2. The van der Waals surface area contributed by atoms with Crippen LogP contribution in [0.25, 0.3) is 0 Å². The first-order chi connectivity index (χ1) is 11.9. The third-order valence-electron chi connectivity index (χ3n) is 4.80. The Morgan fingerprint density at radius 3 is 2.36 bits per heavy atom. The second kappa shape index (κ2) is 6.04. The molecule has 0 fully saturated rings. The monoisotopic (exact) mass is 359 g/mol. The summed E-state index contributed by atoms with van der Waals surface area (Å²) >= 11 is 0. The molecule has 2 aliphatic heterocycles. The summed E-state index contributed by atoms with van der Waals surface area (Å²) in [5, 5.41) is 0. The predicted octanol–water partition coefficient (Wildman–Crippen LogP) is 2.82. The van der Waals surface area contributed by atoms with E-state index in [0.717, 1.165) is 28.0 Å². The molecular formula is C19H21NO4S. The van der Waals surface area contributed by atoms with E-state index in [2.05, 4.69) is 0 Å². The summed E-state index contributed by atoms with van der Waals surface area (Å²) in [4.78, 5) is 0.397. The van der Waals surface area contributed by atoms with Gasteiger partial charge in [0.1, 0.15) is 13.2 Å². The summed E-state index contributed by atoms with van der Waals surface area (Å²) in [6, 6.07) is 9.47. The van der Waals surface area contributed by atoms with Gasteiger partial charge in [0.2, 0.25) is 10.0 Å². The number of nitrogens with zero attached hydrogens (tertiary/aromatic N) is 1. The van der Waals surface area contributed by atoms with Gasteiger partial charge in [-0.25, -0.2) is 8.42 Å². The number of fused-ring (bicyclic) bond motifs is 2. The number of hydrogen-bond donors (Lipinski definition) is 0. The van der Waals surface area contributed by atoms with Crippen molar-refractivity contribution in [2.24, 2.45) is 0 Å². The molecule has 25 heavy (non-hydrogen) atoms. The Morgan fingerprint density at radius 2 is 1.64 bits per heavy atom. The van der Waals surface area contributed by atoms with Crippen LogP contribution in [-0.2, 0) is 23.0 Å². The highest BCUT2D eigenvalue weighted by Crippen LogP contribution is 2.36. The van der Waals surface area contributed by atoms with E-state index in [1.807, 2.05) is 38.1 Å². The molecule has 0 N–H and O–H groups in total. The number of aryl methyl sites for hydroxylation is 2. The largest absolute Gasteiger partial charge is 0.486 e. The van der Waals surface area contributed by atoms with Crippen molar-refractivity contribution in [2.75, 3.05) is 19.8 Å². The Bertz CT molecular complexity index is 937. The molecule has 2 aliphatic rings. The fourth-order valence-electron chi connectivity index (χ4n) is 3.40. The van der Waals surface area contributed by atoms with Crippen LogP contribution in [0.3, 0.4) is 0 Å². The van der Waals surface area contributed by atoms with Gasteiger partial charge in [0.15, 0.2) is 11.5 Å². The topological polar surface area (TPSA) is 55.8 Å². The van der Waals surface area contributed by atoms with Crippen LogP contribution in [0.15, 0.2) is 35.2 Å². The van der Waals surface area contributed by atoms with Crippen LogP contribution < -0.4 is 9.47 Å². The molecule has 5 nitrogen and oxygen atoms in total. The van der Waals surface area contributed by atoms with Crippen molar-refractivity contribution in [1.82, 2.24) is 4.31 Å². The minimum atomic E-state index is -3.52. The van der Waals surface area contributed by atoms with E-state index in [1.54, 1.807) is 10.4 Å². The lowest BCUT2D eigenvalue weighted by atomic mass is 10.00. The maximum atomic E-state index is 13.1. The van der Waals surface area contributed by atoms with Gasteiger partial charge in [0.05, 0.1) is 4.90 Å². The van der Waals surface area contributed by atoms with Crippen LogP contribution in [-0.4, -0.2) is 32.5 Å². The average Bonchev–Trinajstić information content (AvgIpc) is 2.61. The van der Waals surface area contributed by atoms with Gasteiger partial charge in [-0.3, -0.25) is 0 Å². The van der Waals surface area contributed by atoms with E-state index in [-0.39, 0.29) is 0 Å². The number of sulfonamides is 1. The summed E-state index contributed by atoms with van der Waals surface area (Å²) < 4.78 is 39.1. The predicted molar refractivity (Wildman–Crippen MR) is 94.6 cm³/mol. The van der Waals surface area contributed by atoms with Crippen LogP contribution in [0, 0.1) is 13.8 Å². The van der Waals surface area contributed by atoms with E-state index < -0.39 is 10.0 Å². The standard InChI is InChI=1S/C19H21NO4S/c1-13-3-4-14(2)19(9-13)25(21,22)20-6-5-15-10-17-18(11-16(15)12-20)24-8-7-23-17/h3-4,9-11H,5-8,12H2,1-2H3. The molecule has 0 atom stereocenters. The summed E-state index contributed by atoms with van der Waals surface area (Å²) in [7, 11) is -3.52. The summed E-state index contributed by atoms with van der Waals surface area (Å²) in [5.74, 6) is 1.46. The molecule has 2 aromatic carbocycles. The molecule has 0 unspecified atom stereocenters. The van der Waals surface area contributed by atoms with Gasteiger partial charge in [-0.2, -0.15) is 4.31 Å². The van der Waals surface area contributed by atoms with Crippen molar-refractivity contribution in [1.29, 1.82) is 0 Å². The SMILES string of the molecule is Cc1ccc(C)c(S(=O)(=O)N2CCc3cc4c(cc3C2)OCCO4)c1. The molecule has 0 bridgehead atoms. The second-order valence-electron chi connectivity index (χ2n) is 6.62. The highest BCUT2D eigenvalue weighted by molar-refractivity contribution is 7.89. The zero-order chi connectivity index (χ0) is 17.6. The number of rotatable bonds is 2. The summed E-state index contributed by atoms with van der Waals surface area (Å²) in [6.07, 6.45) is 0.677. The van der Waals surface area contributed by atoms with Gasteiger partial charge in [-0.15, -0.1) is 0 Å². The highest BCUT2D eigenvalue weighted by atomic mass is 32.2. The molecule has 0 amide bonds. The van der Waals surface area contributed by atoms with Crippen molar-refractivity contribution in [3.8, 4) is 11.5 Å². The molecule has 0 spiro atoms. The fraction of sp³-hybridized carbons (Fsp3) is 0.368. The lowest BCUT2D eigenvalue weighted by molar-refractivity contribution is 0.171. The minimum Gasteiger partial charge on any atom is -0.486 e. The molecule has 0 aliphatic carbocycles. The molecule has 6 heteroatoms. The zero-order valence-corrected chi connectivity index (χ0v) is 15.2.